The van der Waals surface area contributed by atoms with Crippen LogP contribution in [0.5, 0.6) is 0 Å². The van der Waals surface area contributed by atoms with Gasteiger partial charge >= 0.3 is 0 Å². The molecule has 0 aliphatic heterocycles. The number of hydrogen-bond donors (Lipinski definition) is 2. The molecule has 1 unspecified atom stereocenters. The molecule has 0 aliphatic rings. The van der Waals surface area contributed by atoms with E-state index in [2.05, 4.69) is 31.4 Å². The molecule has 0 spiro atoms. The van der Waals surface area contributed by atoms with E-state index in [1.807, 2.05) is 0 Å². The van der Waals surface area contributed by atoms with E-state index in [0.717, 1.165) is 45.3 Å². The molecule has 0 bridgehead atoms. The number of hydrogen-bond acceptors (Lipinski definition) is 2. The van der Waals surface area contributed by atoms with Gasteiger partial charge in [-0.2, -0.15) is 0 Å². The highest BCUT2D eigenvalue weighted by Gasteiger charge is 2.14. The first-order valence-electron chi connectivity index (χ1n) is 6.74. The van der Waals surface area contributed by atoms with Crippen LogP contribution in [0.2, 0.25) is 0 Å². The van der Waals surface area contributed by atoms with E-state index in [0.29, 0.717) is 0 Å². The molecular formula is C13H29ClN2O. The summed E-state index contributed by atoms with van der Waals surface area (Å²) in [6.07, 6.45) is 5.44. The van der Waals surface area contributed by atoms with E-state index in [1.54, 1.807) is 0 Å². The first-order valence-corrected chi connectivity index (χ1v) is 6.74. The van der Waals surface area contributed by atoms with Crippen molar-refractivity contribution < 1.29 is 4.79 Å². The molecule has 104 valence electrons. The van der Waals surface area contributed by atoms with Crippen molar-refractivity contribution >= 4 is 18.3 Å². The van der Waals surface area contributed by atoms with Crippen LogP contribution in [0.1, 0.15) is 52.9 Å². The molecule has 0 saturated carbocycles. The second-order valence-corrected chi connectivity index (χ2v) is 4.29. The topological polar surface area (TPSA) is 41.1 Å². The molecule has 1 atom stereocenters. The highest BCUT2D eigenvalue weighted by atomic mass is 35.5. The Morgan fingerprint density at radius 1 is 1.06 bits per heavy atom. The lowest BCUT2D eigenvalue weighted by Crippen LogP contribution is -2.35. The van der Waals surface area contributed by atoms with Gasteiger partial charge in [0.25, 0.3) is 0 Å². The first-order chi connectivity index (χ1) is 7.76. The molecule has 4 heteroatoms. The maximum Gasteiger partial charge on any atom is 0.223 e. The second kappa shape index (κ2) is 13.8. The van der Waals surface area contributed by atoms with E-state index in [1.165, 1.54) is 6.42 Å². The fourth-order valence-corrected chi connectivity index (χ4v) is 1.69. The van der Waals surface area contributed by atoms with E-state index < -0.39 is 0 Å². The second-order valence-electron chi connectivity index (χ2n) is 4.29. The average Bonchev–Trinajstić information content (AvgIpc) is 2.30. The average molecular weight is 265 g/mol. The van der Waals surface area contributed by atoms with Crippen LogP contribution in [-0.2, 0) is 4.79 Å². The molecule has 0 aromatic carbocycles. The lowest BCUT2D eigenvalue weighted by Gasteiger charge is -2.14. The number of halogens is 1. The number of carbonyl (C=O) groups excluding carboxylic acids is 1. The molecule has 0 heterocycles. The largest absolute Gasteiger partial charge is 0.355 e. The maximum atomic E-state index is 11.8. The fourth-order valence-electron chi connectivity index (χ4n) is 1.69. The van der Waals surface area contributed by atoms with Gasteiger partial charge < -0.3 is 10.6 Å². The van der Waals surface area contributed by atoms with Gasteiger partial charge in [0.05, 0.1) is 0 Å². The minimum absolute atomic E-state index is 0. The first kappa shape index (κ1) is 19.1. The number of rotatable bonds is 10. The lowest BCUT2D eigenvalue weighted by molar-refractivity contribution is -0.125. The van der Waals surface area contributed by atoms with Crippen molar-refractivity contribution in [1.82, 2.24) is 10.6 Å². The summed E-state index contributed by atoms with van der Waals surface area (Å²) in [5.41, 5.74) is 0. The number of amides is 1. The summed E-state index contributed by atoms with van der Waals surface area (Å²) in [5, 5.41) is 6.28. The quantitative estimate of drug-likeness (QED) is 0.596. The summed E-state index contributed by atoms with van der Waals surface area (Å²) in [6.45, 7) is 9.06. The van der Waals surface area contributed by atoms with Gasteiger partial charge in [0.1, 0.15) is 0 Å². The van der Waals surface area contributed by atoms with Crippen molar-refractivity contribution in [2.45, 2.75) is 52.9 Å². The molecular weight excluding hydrogens is 236 g/mol. The van der Waals surface area contributed by atoms with Crippen LogP contribution in [0.4, 0.5) is 0 Å². The molecule has 0 fully saturated rings. The molecule has 1 amide bonds. The predicted molar refractivity (Wildman–Crippen MR) is 76.7 cm³/mol. The van der Waals surface area contributed by atoms with Crippen molar-refractivity contribution in [2.24, 2.45) is 5.92 Å². The molecule has 3 nitrogen and oxygen atoms in total. The molecule has 0 aromatic heterocycles. The van der Waals surface area contributed by atoms with Crippen molar-refractivity contribution in [3.8, 4) is 0 Å². The SMILES string of the molecule is CCCCC(CC)C(=O)NCCNCCC.Cl. The molecule has 0 radical (unpaired) electrons. The van der Waals surface area contributed by atoms with Crippen molar-refractivity contribution in [3.05, 3.63) is 0 Å². The van der Waals surface area contributed by atoms with Crippen LogP contribution in [0, 0.1) is 5.92 Å². The Labute approximate surface area is 113 Å². The highest BCUT2D eigenvalue weighted by Crippen LogP contribution is 2.12. The third-order valence-corrected chi connectivity index (χ3v) is 2.80. The van der Waals surface area contributed by atoms with Gasteiger partial charge in [0, 0.05) is 19.0 Å². The third kappa shape index (κ3) is 10.6. The number of unbranched alkanes of at least 4 members (excludes halogenated alkanes) is 1. The Kier molecular flexibility index (Phi) is 15.5. The predicted octanol–water partition coefficient (Wildman–Crippen LogP) is 2.74. The van der Waals surface area contributed by atoms with Crippen LogP contribution in [0.25, 0.3) is 0 Å². The molecule has 2 N–H and O–H groups in total. The third-order valence-electron chi connectivity index (χ3n) is 2.80. The molecule has 17 heavy (non-hydrogen) atoms. The highest BCUT2D eigenvalue weighted by molar-refractivity contribution is 5.85. The number of nitrogens with one attached hydrogen (secondary N) is 2. The van der Waals surface area contributed by atoms with Gasteiger partial charge in [-0.1, -0.05) is 33.6 Å². The van der Waals surface area contributed by atoms with E-state index in [9.17, 15) is 4.79 Å². The molecule has 0 rings (SSSR count). The lowest BCUT2D eigenvalue weighted by atomic mass is 9.98. The van der Waals surface area contributed by atoms with Crippen LogP contribution < -0.4 is 10.6 Å². The summed E-state index contributed by atoms with van der Waals surface area (Å²) in [4.78, 5) is 11.8. The maximum absolute atomic E-state index is 11.8. The Bertz CT molecular complexity index is 177. The summed E-state index contributed by atoms with van der Waals surface area (Å²) in [7, 11) is 0. The van der Waals surface area contributed by atoms with Gasteiger partial charge in [-0.15, -0.1) is 12.4 Å². The summed E-state index contributed by atoms with van der Waals surface area (Å²) >= 11 is 0. The van der Waals surface area contributed by atoms with Crippen molar-refractivity contribution in [3.63, 3.8) is 0 Å². The van der Waals surface area contributed by atoms with E-state index >= 15 is 0 Å². The minimum atomic E-state index is 0. The van der Waals surface area contributed by atoms with E-state index in [4.69, 9.17) is 0 Å². The Hall–Kier alpha value is -0.280. The van der Waals surface area contributed by atoms with Crippen LogP contribution >= 0.6 is 12.4 Å². The smallest absolute Gasteiger partial charge is 0.223 e. The summed E-state index contributed by atoms with van der Waals surface area (Å²) in [5.74, 6) is 0.445. The summed E-state index contributed by atoms with van der Waals surface area (Å²) < 4.78 is 0. The minimum Gasteiger partial charge on any atom is -0.355 e. The zero-order valence-electron chi connectivity index (χ0n) is 11.6. The van der Waals surface area contributed by atoms with E-state index in [-0.39, 0.29) is 24.2 Å². The van der Waals surface area contributed by atoms with Gasteiger partial charge in [0.15, 0.2) is 0 Å². The van der Waals surface area contributed by atoms with Gasteiger partial charge in [-0.3, -0.25) is 4.79 Å². The monoisotopic (exact) mass is 264 g/mol. The summed E-state index contributed by atoms with van der Waals surface area (Å²) in [6, 6.07) is 0. The van der Waals surface area contributed by atoms with Crippen LogP contribution in [0.15, 0.2) is 0 Å². The molecule has 0 saturated heterocycles. The van der Waals surface area contributed by atoms with Gasteiger partial charge in [0.2, 0.25) is 5.91 Å². The Morgan fingerprint density at radius 2 is 1.76 bits per heavy atom. The fraction of sp³-hybridized carbons (Fsp3) is 0.923. The van der Waals surface area contributed by atoms with Crippen LogP contribution in [0.3, 0.4) is 0 Å². The zero-order valence-corrected chi connectivity index (χ0v) is 12.4. The Morgan fingerprint density at radius 3 is 2.29 bits per heavy atom. The van der Waals surface area contributed by atoms with Gasteiger partial charge in [-0.25, -0.2) is 0 Å². The normalized spacial score (nSPS) is 11.7. The molecule has 0 aromatic rings. The number of carbonyl (C=O) groups is 1. The van der Waals surface area contributed by atoms with Gasteiger partial charge in [-0.05, 0) is 25.8 Å². The van der Waals surface area contributed by atoms with Crippen molar-refractivity contribution in [2.75, 3.05) is 19.6 Å². The van der Waals surface area contributed by atoms with Crippen molar-refractivity contribution in [1.29, 1.82) is 0 Å². The van der Waals surface area contributed by atoms with Crippen LogP contribution in [-0.4, -0.2) is 25.5 Å². The Balaban J connectivity index is 0. The standard InChI is InChI=1S/C13H28N2O.ClH/c1-4-7-8-12(6-3)13(16)15-11-10-14-9-5-2;/h12,14H,4-11H2,1-3H3,(H,15,16);1H. The molecule has 0 aliphatic carbocycles. The zero-order chi connectivity index (χ0) is 12.2.